The van der Waals surface area contributed by atoms with Crippen LogP contribution in [0, 0.1) is 0 Å². The number of hydrogen-bond acceptors (Lipinski definition) is 4. The molecule has 0 aliphatic heterocycles. The lowest BCUT2D eigenvalue weighted by atomic mass is 9.84. The van der Waals surface area contributed by atoms with E-state index in [2.05, 4.69) is 6.92 Å². The summed E-state index contributed by atoms with van der Waals surface area (Å²) < 4.78 is 0. The molecule has 0 bridgehead atoms. The second-order valence-electron chi connectivity index (χ2n) is 7.57. The van der Waals surface area contributed by atoms with Gasteiger partial charge in [0, 0.05) is 6.42 Å². The summed E-state index contributed by atoms with van der Waals surface area (Å²) in [4.78, 5) is 50.0. The molecule has 0 atom stereocenters. The van der Waals surface area contributed by atoms with Gasteiger partial charge in [0.15, 0.2) is 0 Å². The van der Waals surface area contributed by atoms with Crippen LogP contribution in [0.15, 0.2) is 60.7 Å². The zero-order chi connectivity index (χ0) is 21.8. The Morgan fingerprint density at radius 1 is 0.633 bits per heavy atom. The smallest absolute Gasteiger partial charge is 0.273 e. The van der Waals surface area contributed by atoms with E-state index in [1.54, 1.807) is 48.5 Å². The highest BCUT2D eigenvalue weighted by atomic mass is 16.2. The molecule has 2 aromatic carbocycles. The topological polar surface area (TPSA) is 68.3 Å². The molecule has 0 saturated heterocycles. The van der Waals surface area contributed by atoms with Crippen molar-refractivity contribution in [3.05, 3.63) is 71.8 Å². The first-order valence-electron chi connectivity index (χ1n) is 10.8. The largest absolute Gasteiger partial charge is 0.290 e. The third-order valence-electron chi connectivity index (χ3n) is 5.22. The third-order valence-corrected chi connectivity index (χ3v) is 5.22. The lowest BCUT2D eigenvalue weighted by Crippen LogP contribution is -2.34. The summed E-state index contributed by atoms with van der Waals surface area (Å²) in [6.45, 7) is 2.16. The number of benzene rings is 2. The van der Waals surface area contributed by atoms with Crippen LogP contribution in [-0.2, 0) is 19.2 Å². The molecule has 2 aromatic rings. The van der Waals surface area contributed by atoms with E-state index < -0.39 is 29.1 Å². The number of rotatable bonds is 14. The van der Waals surface area contributed by atoms with Gasteiger partial charge >= 0.3 is 0 Å². The van der Waals surface area contributed by atoms with Gasteiger partial charge in [-0.15, -0.1) is 0 Å². The third kappa shape index (κ3) is 6.87. The van der Waals surface area contributed by atoms with Crippen molar-refractivity contribution in [2.75, 3.05) is 0 Å². The van der Waals surface area contributed by atoms with Gasteiger partial charge in [0.1, 0.15) is 0 Å². The van der Waals surface area contributed by atoms with Gasteiger partial charge in [0.05, 0.1) is 5.92 Å². The lowest BCUT2D eigenvalue weighted by Gasteiger charge is -2.15. The Morgan fingerprint density at radius 2 is 1.10 bits per heavy atom. The average Bonchev–Trinajstić information content (AvgIpc) is 2.79. The first-order valence-corrected chi connectivity index (χ1v) is 10.8. The van der Waals surface area contributed by atoms with E-state index in [0.29, 0.717) is 17.5 Å². The van der Waals surface area contributed by atoms with Crippen molar-refractivity contribution in [3.63, 3.8) is 0 Å². The molecule has 0 heterocycles. The van der Waals surface area contributed by atoms with E-state index in [4.69, 9.17) is 0 Å². The molecule has 0 fully saturated rings. The molecule has 4 heteroatoms. The maximum Gasteiger partial charge on any atom is 0.273 e. The van der Waals surface area contributed by atoms with Crippen LogP contribution in [0.4, 0.5) is 0 Å². The Balaban J connectivity index is 2.00. The number of Topliss-reactive ketones (excluding diaryl/α,β-unsaturated/α-hetero) is 4. The van der Waals surface area contributed by atoms with E-state index in [0.717, 1.165) is 19.3 Å². The van der Waals surface area contributed by atoms with Crippen molar-refractivity contribution in [3.8, 4) is 0 Å². The van der Waals surface area contributed by atoms with Gasteiger partial charge in [-0.1, -0.05) is 106 Å². The Labute approximate surface area is 178 Å². The van der Waals surface area contributed by atoms with E-state index in [1.807, 2.05) is 12.1 Å². The first kappa shape index (κ1) is 23.4. The molecule has 0 aromatic heterocycles. The summed E-state index contributed by atoms with van der Waals surface area (Å²) in [6.07, 6.45) is 7.12. The van der Waals surface area contributed by atoms with Crippen molar-refractivity contribution in [1.29, 1.82) is 0 Å². The second kappa shape index (κ2) is 12.6. The minimum Gasteiger partial charge on any atom is -0.290 e. The van der Waals surface area contributed by atoms with Crippen LogP contribution in [0.1, 0.15) is 75.3 Å². The molecule has 4 nitrogen and oxygen atoms in total. The summed E-state index contributed by atoms with van der Waals surface area (Å²) in [5, 5.41) is 0. The van der Waals surface area contributed by atoms with Crippen molar-refractivity contribution < 1.29 is 19.2 Å². The molecule has 0 amide bonds. The highest BCUT2D eigenvalue weighted by Crippen LogP contribution is 2.26. The fraction of sp³-hybridized carbons (Fsp3) is 0.385. The minimum atomic E-state index is -1.22. The van der Waals surface area contributed by atoms with Crippen LogP contribution in [0.5, 0.6) is 0 Å². The van der Waals surface area contributed by atoms with E-state index in [1.165, 1.54) is 19.3 Å². The Kier molecular flexibility index (Phi) is 9.85. The summed E-state index contributed by atoms with van der Waals surface area (Å²) >= 11 is 0. The summed E-state index contributed by atoms with van der Waals surface area (Å²) in [6, 6.07) is 17.7. The van der Waals surface area contributed by atoms with E-state index >= 15 is 0 Å². The Hall–Kier alpha value is -2.88. The second-order valence-corrected chi connectivity index (χ2v) is 7.57. The van der Waals surface area contributed by atoms with Gasteiger partial charge in [-0.2, -0.15) is 0 Å². The van der Waals surface area contributed by atoms with Gasteiger partial charge in [-0.25, -0.2) is 0 Å². The molecular weight excluding hydrogens is 376 g/mol. The molecule has 30 heavy (non-hydrogen) atoms. The predicted octanol–water partition coefficient (Wildman–Crippen LogP) is 5.24. The maximum absolute atomic E-state index is 12.9. The molecule has 2 rings (SSSR count). The molecule has 0 aliphatic rings. The van der Waals surface area contributed by atoms with Crippen LogP contribution < -0.4 is 0 Å². The van der Waals surface area contributed by atoms with Crippen molar-refractivity contribution >= 4 is 23.1 Å². The van der Waals surface area contributed by atoms with E-state index in [-0.39, 0.29) is 6.42 Å². The van der Waals surface area contributed by atoms with Gasteiger partial charge in [-0.3, -0.25) is 19.2 Å². The fourth-order valence-corrected chi connectivity index (χ4v) is 3.51. The van der Waals surface area contributed by atoms with Crippen molar-refractivity contribution in [2.24, 2.45) is 0 Å². The van der Waals surface area contributed by atoms with E-state index in [9.17, 15) is 19.2 Å². The van der Waals surface area contributed by atoms with Crippen LogP contribution >= 0.6 is 0 Å². The number of carbonyl (C=O) groups is 4. The Morgan fingerprint density at radius 3 is 1.60 bits per heavy atom. The zero-order valence-electron chi connectivity index (χ0n) is 17.6. The van der Waals surface area contributed by atoms with Gasteiger partial charge in [0.25, 0.3) is 11.6 Å². The molecule has 158 valence electrons. The Bertz CT molecular complexity index is 800. The normalized spacial score (nSPS) is 10.7. The van der Waals surface area contributed by atoms with Crippen LogP contribution in [-0.4, -0.2) is 23.1 Å². The molecule has 0 N–H and O–H groups in total. The first-order chi connectivity index (χ1) is 14.6. The van der Waals surface area contributed by atoms with Gasteiger partial charge < -0.3 is 0 Å². The molecule has 0 saturated carbocycles. The number of carbonyl (C=O) groups excluding carboxylic acids is 4. The quantitative estimate of drug-likeness (QED) is 0.245. The highest BCUT2D eigenvalue weighted by molar-refractivity contribution is 6.78. The lowest BCUT2D eigenvalue weighted by molar-refractivity contribution is -0.148. The zero-order valence-corrected chi connectivity index (χ0v) is 17.6. The van der Waals surface area contributed by atoms with Crippen LogP contribution in [0.3, 0.4) is 0 Å². The summed E-state index contributed by atoms with van der Waals surface area (Å²) in [5.41, 5.74) is 1.24. The monoisotopic (exact) mass is 406 g/mol. The van der Waals surface area contributed by atoms with Crippen LogP contribution in [0.2, 0.25) is 0 Å². The average molecular weight is 407 g/mol. The predicted molar refractivity (Wildman–Crippen MR) is 117 cm³/mol. The standard InChI is InChI=1S/C26H30O4/c1-2-3-4-5-6-7-14-19-22(27)24(28)26(30)25(29)23(20-15-10-8-11-16-20)21-17-12-9-13-18-21/h8-13,15-18,23H,2-7,14,19H2,1H3. The molecule has 0 unspecified atom stereocenters. The number of hydrogen-bond donors (Lipinski definition) is 0. The number of ketones is 4. The number of unbranched alkanes of at least 4 members (excludes halogenated alkanes) is 6. The molecular formula is C26H30O4. The summed E-state index contributed by atoms with van der Waals surface area (Å²) in [7, 11) is 0. The van der Waals surface area contributed by atoms with Gasteiger partial charge in [-0.05, 0) is 17.5 Å². The van der Waals surface area contributed by atoms with Crippen molar-refractivity contribution in [1.82, 2.24) is 0 Å². The molecule has 0 aliphatic carbocycles. The highest BCUT2D eigenvalue weighted by Gasteiger charge is 2.34. The maximum atomic E-state index is 12.9. The SMILES string of the molecule is CCCCCCCCCC(=O)C(=O)C(=O)C(=O)C(c1ccccc1)c1ccccc1. The molecule has 0 spiro atoms. The fourth-order valence-electron chi connectivity index (χ4n) is 3.51. The minimum absolute atomic E-state index is 0.0208. The summed E-state index contributed by atoms with van der Waals surface area (Å²) in [5.74, 6) is -4.93. The van der Waals surface area contributed by atoms with Crippen molar-refractivity contribution in [2.45, 2.75) is 64.2 Å². The molecule has 0 radical (unpaired) electrons. The van der Waals surface area contributed by atoms with Gasteiger partial charge in [0.2, 0.25) is 11.6 Å². The van der Waals surface area contributed by atoms with Crippen LogP contribution in [0.25, 0.3) is 0 Å².